The Hall–Kier alpha value is -0.0662. The molecule has 44 heavy (non-hydrogen) atoms. The smallest absolute Gasteiger partial charge is 0.137 e. The van der Waals surface area contributed by atoms with Crippen molar-refractivity contribution in [2.75, 3.05) is 0 Å². The molecule has 0 radical (unpaired) electrons. The lowest BCUT2D eigenvalue weighted by Crippen LogP contribution is -2.51. The van der Waals surface area contributed by atoms with Gasteiger partial charge in [0.1, 0.15) is 27.8 Å². The number of rotatable bonds is 20. The molecular weight excluding hydrogens is 804 g/mol. The van der Waals surface area contributed by atoms with Gasteiger partial charge in [-0.2, -0.15) is 0 Å². The predicted octanol–water partition coefficient (Wildman–Crippen LogP) is 12.8. The van der Waals surface area contributed by atoms with Crippen molar-refractivity contribution in [3.8, 4) is 0 Å². The maximum atomic E-state index is 15.7. The lowest BCUT2D eigenvalue weighted by molar-refractivity contribution is 0.620. The molecule has 0 saturated heterocycles. The van der Waals surface area contributed by atoms with Crippen LogP contribution >= 0.6 is 45.2 Å². The van der Waals surface area contributed by atoms with Gasteiger partial charge in [-0.3, -0.25) is 0 Å². The second-order valence-corrected chi connectivity index (χ2v) is 24.5. The van der Waals surface area contributed by atoms with Crippen LogP contribution in [0.4, 0.5) is 8.78 Å². The van der Waals surface area contributed by atoms with Crippen LogP contribution in [0, 0.1) is 18.8 Å². The van der Waals surface area contributed by atoms with Gasteiger partial charge in [-0.25, -0.2) is 8.78 Å². The molecule has 2 aliphatic rings. The molecule has 2 aromatic carbocycles. The monoisotopic (exact) mass is 860 g/mol. The van der Waals surface area contributed by atoms with E-state index in [1.807, 2.05) is 12.1 Å². The normalized spacial score (nSPS) is 16.0. The van der Waals surface area contributed by atoms with Crippen LogP contribution in [0.25, 0.3) is 10.4 Å². The Balaban J connectivity index is 2.00. The lowest BCUT2D eigenvalue weighted by atomic mass is 10.1. The number of unbranched alkanes of at least 4 members (excludes halogenated alkanes) is 12. The second-order valence-electron chi connectivity index (χ2n) is 13.8. The molecule has 2 aliphatic heterocycles. The van der Waals surface area contributed by atoms with Gasteiger partial charge in [-0.1, -0.05) is 130 Å². The second kappa shape index (κ2) is 17.4. The highest BCUT2D eigenvalue weighted by Crippen LogP contribution is 2.55. The lowest BCUT2D eigenvalue weighted by Gasteiger charge is -2.35. The van der Waals surface area contributed by atoms with Crippen molar-refractivity contribution in [2.24, 2.45) is 0 Å². The highest BCUT2D eigenvalue weighted by Gasteiger charge is 2.58. The molecule has 0 atom stereocenters. The topological polar surface area (TPSA) is 0 Å². The summed E-state index contributed by atoms with van der Waals surface area (Å²) in [6.07, 6.45) is 20.0. The Morgan fingerprint density at radius 2 is 0.750 bits per heavy atom. The fraction of sp³-hybridized carbons (Fsp3) is 0.632. The zero-order chi connectivity index (χ0) is 31.7. The van der Waals surface area contributed by atoms with E-state index in [0.29, 0.717) is 0 Å². The van der Waals surface area contributed by atoms with E-state index in [-0.39, 0.29) is 11.6 Å². The Morgan fingerprint density at radius 1 is 0.455 bits per heavy atom. The van der Waals surface area contributed by atoms with Gasteiger partial charge in [0, 0.05) is 7.14 Å². The van der Waals surface area contributed by atoms with Crippen LogP contribution in [-0.4, -0.2) is 16.1 Å². The van der Waals surface area contributed by atoms with E-state index >= 15 is 8.78 Å². The van der Waals surface area contributed by atoms with Crippen LogP contribution in [0.1, 0.15) is 142 Å². The molecule has 0 aliphatic carbocycles. The Kier molecular flexibility index (Phi) is 14.5. The Labute approximate surface area is 297 Å². The first kappa shape index (κ1) is 36.8. The van der Waals surface area contributed by atoms with Gasteiger partial charge < -0.3 is 0 Å². The van der Waals surface area contributed by atoms with Crippen LogP contribution < -0.4 is 10.4 Å². The fourth-order valence-corrected chi connectivity index (χ4v) is 23.2. The quantitative estimate of drug-likeness (QED) is 0.0707. The van der Waals surface area contributed by atoms with Gasteiger partial charge in [-0.05, 0) is 126 Å². The highest BCUT2D eigenvalue weighted by atomic mass is 127. The molecular formula is C38H56F2I2Si2. The van der Waals surface area contributed by atoms with Crippen LogP contribution in [0.5, 0.6) is 0 Å². The van der Waals surface area contributed by atoms with Crippen LogP contribution in [0.15, 0.2) is 24.3 Å². The number of halogens is 4. The molecule has 6 heteroatoms. The maximum Gasteiger partial charge on any atom is 0.137 e. The third-order valence-corrected chi connectivity index (χ3v) is 23.3. The molecule has 0 fully saturated rings. The summed E-state index contributed by atoms with van der Waals surface area (Å²) in [4.78, 5) is 0. The zero-order valence-corrected chi connectivity index (χ0v) is 34.3. The largest absolute Gasteiger partial charge is 0.206 e. The SMILES string of the molecule is CCCCCC[Si]1(CCCCCC)C2=C(c3cc(F)c(I)cc31)[Si](CCCCCC)(CCCCCC)c1cc(I)c(F)cc12. The summed E-state index contributed by atoms with van der Waals surface area (Å²) < 4.78 is 33.0. The standard InChI is InChI=1S/C38H56F2I2Si2/c1-5-9-13-17-21-43(22-18-14-10-6-2)35-27-33(41)31(39)25-29(35)38-37(43)30-26-32(40)34(42)28-36(30)44(38,23-19-15-11-7-3)24-20-16-12-8-4/h25-28H,5-24H2,1-4H3. The zero-order valence-electron chi connectivity index (χ0n) is 28.0. The molecule has 0 spiro atoms. The summed E-state index contributed by atoms with van der Waals surface area (Å²) in [5.74, 6) is -0.121. The molecule has 0 unspecified atom stereocenters. The molecule has 0 N–H and O–H groups in total. The van der Waals surface area contributed by atoms with Gasteiger partial charge in [0.05, 0.1) is 0 Å². The van der Waals surface area contributed by atoms with Gasteiger partial charge in [-0.15, -0.1) is 0 Å². The third kappa shape index (κ3) is 7.63. The summed E-state index contributed by atoms with van der Waals surface area (Å²) in [6.45, 7) is 9.18. The van der Waals surface area contributed by atoms with Crippen molar-refractivity contribution < 1.29 is 8.78 Å². The summed E-state index contributed by atoms with van der Waals surface area (Å²) in [5.41, 5.74) is 2.56. The number of fused-ring (bicyclic) bond motifs is 4. The third-order valence-electron chi connectivity index (χ3n) is 10.7. The molecule has 2 heterocycles. The van der Waals surface area contributed by atoms with E-state index < -0.39 is 16.1 Å². The van der Waals surface area contributed by atoms with Crippen molar-refractivity contribution >= 4 is 82.1 Å². The van der Waals surface area contributed by atoms with Crippen LogP contribution in [0.3, 0.4) is 0 Å². The molecule has 2 aromatic rings. The maximum absolute atomic E-state index is 15.7. The fourth-order valence-electron chi connectivity index (χ4n) is 8.53. The minimum atomic E-state index is -2.25. The summed E-state index contributed by atoms with van der Waals surface area (Å²) >= 11 is 4.48. The molecule has 244 valence electrons. The van der Waals surface area contributed by atoms with E-state index in [0.717, 1.165) is 7.14 Å². The highest BCUT2D eigenvalue weighted by molar-refractivity contribution is 14.1. The molecule has 0 bridgehead atoms. The van der Waals surface area contributed by atoms with Crippen molar-refractivity contribution in [3.05, 3.63) is 54.2 Å². The first-order chi connectivity index (χ1) is 21.3. The summed E-state index contributed by atoms with van der Waals surface area (Å²) in [6, 6.07) is 13.4. The molecule has 0 saturated carbocycles. The first-order valence-corrected chi connectivity index (χ1v) is 25.0. The van der Waals surface area contributed by atoms with Crippen molar-refractivity contribution in [1.82, 2.24) is 0 Å². The molecule has 0 amide bonds. The minimum absolute atomic E-state index is 0.0606. The van der Waals surface area contributed by atoms with E-state index in [2.05, 4.69) is 85.0 Å². The van der Waals surface area contributed by atoms with Crippen LogP contribution in [-0.2, 0) is 0 Å². The van der Waals surface area contributed by atoms with Crippen molar-refractivity contribution in [2.45, 2.75) is 155 Å². The Morgan fingerprint density at radius 3 is 1.02 bits per heavy atom. The van der Waals surface area contributed by atoms with Gasteiger partial charge >= 0.3 is 0 Å². The minimum Gasteiger partial charge on any atom is -0.206 e. The van der Waals surface area contributed by atoms with Gasteiger partial charge in [0.2, 0.25) is 0 Å². The predicted molar refractivity (Wildman–Crippen MR) is 212 cm³/mol. The van der Waals surface area contributed by atoms with Gasteiger partial charge in [0.15, 0.2) is 0 Å². The molecule has 0 nitrogen and oxygen atoms in total. The number of hydrogen-bond donors (Lipinski definition) is 0. The van der Waals surface area contributed by atoms with E-state index in [4.69, 9.17) is 0 Å². The first-order valence-electron chi connectivity index (χ1n) is 18.1. The van der Waals surface area contributed by atoms with E-state index in [1.165, 1.54) is 148 Å². The molecule has 4 rings (SSSR count). The summed E-state index contributed by atoms with van der Waals surface area (Å²) in [7, 11) is -4.51. The summed E-state index contributed by atoms with van der Waals surface area (Å²) in [5, 5.41) is 6.21. The van der Waals surface area contributed by atoms with E-state index in [9.17, 15) is 0 Å². The van der Waals surface area contributed by atoms with E-state index in [1.54, 1.807) is 10.4 Å². The number of hydrogen-bond acceptors (Lipinski definition) is 0. The molecule has 0 aromatic heterocycles. The average Bonchev–Trinajstić information content (AvgIpc) is 3.42. The van der Waals surface area contributed by atoms with Gasteiger partial charge in [0.25, 0.3) is 0 Å². The number of benzene rings is 2. The van der Waals surface area contributed by atoms with Crippen LogP contribution in [0.2, 0.25) is 24.2 Å². The Bertz CT molecular complexity index is 1170. The van der Waals surface area contributed by atoms with Crippen molar-refractivity contribution in [1.29, 1.82) is 0 Å². The average molecular weight is 861 g/mol. The van der Waals surface area contributed by atoms with Crippen molar-refractivity contribution in [3.63, 3.8) is 0 Å².